The fourth-order valence-electron chi connectivity index (χ4n) is 4.79. The zero-order valence-electron chi connectivity index (χ0n) is 20.0. The molecule has 9 nitrogen and oxygen atoms in total. The average Bonchev–Trinajstić information content (AvgIpc) is 3.51. The molecule has 1 saturated heterocycles. The van der Waals surface area contributed by atoms with E-state index in [1.54, 1.807) is 6.07 Å². The zero-order chi connectivity index (χ0) is 24.2. The van der Waals surface area contributed by atoms with E-state index >= 15 is 0 Å². The van der Waals surface area contributed by atoms with Gasteiger partial charge < -0.3 is 25.3 Å². The number of rotatable bonds is 8. The Morgan fingerprint density at radius 3 is 2.71 bits per heavy atom. The molecule has 3 atom stereocenters. The van der Waals surface area contributed by atoms with Crippen LogP contribution in [0.25, 0.3) is 11.3 Å². The van der Waals surface area contributed by atoms with E-state index in [1.807, 2.05) is 53.4 Å². The summed E-state index contributed by atoms with van der Waals surface area (Å²) >= 11 is 0. The monoisotopic (exact) mass is 477 g/mol. The van der Waals surface area contributed by atoms with E-state index in [-0.39, 0.29) is 12.3 Å². The van der Waals surface area contributed by atoms with Crippen LogP contribution in [0.2, 0.25) is 0 Å². The number of benzene rings is 1. The Kier molecular flexibility index (Phi) is 7.08. The molecule has 5 N–H and O–H groups in total. The molecule has 1 aliphatic heterocycles. The van der Waals surface area contributed by atoms with Crippen LogP contribution >= 0.6 is 0 Å². The summed E-state index contributed by atoms with van der Waals surface area (Å²) < 4.78 is 14.2. The standard InChI is InChI=1S/C26H32N6O3/c1-28-26-18(16-27)22(35-21-11-7-10-20(21)33)15-23(30-26)29-24-14-19(17-8-3-2-4-9-17)31-32(24)25-12-5-6-13-34-25/h2-4,8-9,14-16,20-21,25,27,33H,5-7,10-13H2,1H3,(H2,28,29,30)/p+1/t20-,21+,25-/m1/s1. The van der Waals surface area contributed by atoms with Crippen molar-refractivity contribution in [3.05, 3.63) is 48.0 Å². The lowest BCUT2D eigenvalue weighted by atomic mass is 10.1. The van der Waals surface area contributed by atoms with Gasteiger partial charge >= 0.3 is 0 Å². The van der Waals surface area contributed by atoms with Crippen molar-refractivity contribution in [3.63, 3.8) is 0 Å². The fourth-order valence-corrected chi connectivity index (χ4v) is 4.79. The molecular formula is C26H33N6O3+. The summed E-state index contributed by atoms with van der Waals surface area (Å²) in [5.74, 6) is 2.55. The second-order valence-electron chi connectivity index (χ2n) is 9.06. The predicted molar refractivity (Wildman–Crippen MR) is 134 cm³/mol. The molecule has 2 aromatic heterocycles. The first kappa shape index (κ1) is 23.5. The van der Waals surface area contributed by atoms with Crippen LogP contribution in [0.5, 0.6) is 5.75 Å². The largest absolute Gasteiger partial charge is 0.487 e. The predicted octanol–water partition coefficient (Wildman–Crippen LogP) is 3.50. The molecule has 0 spiro atoms. The highest BCUT2D eigenvalue weighted by Crippen LogP contribution is 2.34. The molecule has 1 aliphatic carbocycles. The van der Waals surface area contributed by atoms with Crippen molar-refractivity contribution >= 4 is 23.7 Å². The summed E-state index contributed by atoms with van der Waals surface area (Å²) in [4.78, 5) is 4.74. The maximum atomic E-state index is 10.3. The fraction of sp³-hybridized carbons (Fsp3) is 0.423. The normalized spacial score (nSPS) is 22.2. The SMILES string of the molecule is C[NH2+]c1nc(Nc2cc(-c3ccccc3)nn2[C@H]2CCCCO2)cc(O[C@H]2CCC[C@H]2O)c1C=N. The molecule has 0 unspecified atom stereocenters. The van der Waals surface area contributed by atoms with Gasteiger partial charge in [-0.1, -0.05) is 30.3 Å². The van der Waals surface area contributed by atoms with Crippen LogP contribution in [-0.2, 0) is 4.74 Å². The lowest BCUT2D eigenvalue weighted by Crippen LogP contribution is -2.73. The van der Waals surface area contributed by atoms with Crippen molar-refractivity contribution in [2.24, 2.45) is 0 Å². The summed E-state index contributed by atoms with van der Waals surface area (Å²) in [5.41, 5.74) is 2.48. The smallest absolute Gasteiger partial charge is 0.238 e. The third kappa shape index (κ3) is 5.07. The number of ether oxygens (including phenoxy) is 2. The molecule has 0 bridgehead atoms. The second kappa shape index (κ2) is 10.6. The Bertz CT molecular complexity index is 1160. The third-order valence-electron chi connectivity index (χ3n) is 6.65. The number of nitrogens with zero attached hydrogens (tertiary/aromatic N) is 3. The minimum Gasteiger partial charge on any atom is -0.487 e. The summed E-state index contributed by atoms with van der Waals surface area (Å²) in [6.45, 7) is 0.716. The molecular weight excluding hydrogens is 444 g/mol. The van der Waals surface area contributed by atoms with E-state index in [0.717, 1.165) is 55.6 Å². The van der Waals surface area contributed by atoms with Crippen molar-refractivity contribution in [2.45, 2.75) is 57.0 Å². The van der Waals surface area contributed by atoms with Crippen LogP contribution in [0.4, 0.5) is 17.5 Å². The summed E-state index contributed by atoms with van der Waals surface area (Å²) in [5, 5.41) is 28.4. The molecule has 0 amide bonds. The molecule has 3 aromatic rings. The van der Waals surface area contributed by atoms with Crippen LogP contribution in [0, 0.1) is 5.41 Å². The van der Waals surface area contributed by atoms with Crippen molar-refractivity contribution in [1.29, 1.82) is 5.41 Å². The highest BCUT2D eigenvalue weighted by molar-refractivity contribution is 5.87. The first-order valence-electron chi connectivity index (χ1n) is 12.4. The van der Waals surface area contributed by atoms with Gasteiger partial charge in [-0.25, -0.2) is 4.68 Å². The molecule has 9 heteroatoms. The number of aromatic nitrogens is 3. The molecule has 1 aromatic carbocycles. The Hall–Kier alpha value is -3.27. The maximum Gasteiger partial charge on any atom is 0.238 e. The number of pyridine rings is 1. The summed E-state index contributed by atoms with van der Waals surface area (Å²) in [7, 11) is 1.89. The van der Waals surface area contributed by atoms with Gasteiger partial charge in [-0.3, -0.25) is 5.32 Å². The van der Waals surface area contributed by atoms with E-state index in [2.05, 4.69) is 5.32 Å². The van der Waals surface area contributed by atoms with Gasteiger partial charge in [0, 0.05) is 30.5 Å². The number of nitrogens with two attached hydrogens (primary N) is 1. The second-order valence-corrected chi connectivity index (χ2v) is 9.06. The van der Waals surface area contributed by atoms with Crippen LogP contribution in [0.1, 0.15) is 50.3 Å². The molecule has 2 aliphatic rings. The van der Waals surface area contributed by atoms with Crippen LogP contribution in [0.15, 0.2) is 42.5 Å². The van der Waals surface area contributed by atoms with Gasteiger partial charge in [0.1, 0.15) is 29.1 Å². The number of aliphatic hydroxyl groups excluding tert-OH is 1. The Labute approximate surface area is 205 Å². The molecule has 184 valence electrons. The number of hydrogen-bond acceptors (Lipinski definition) is 7. The summed E-state index contributed by atoms with van der Waals surface area (Å²) in [6.07, 6.45) is 5.84. The van der Waals surface area contributed by atoms with Gasteiger partial charge in [-0.15, -0.1) is 0 Å². The van der Waals surface area contributed by atoms with Gasteiger partial charge in [-0.2, -0.15) is 10.1 Å². The van der Waals surface area contributed by atoms with Crippen molar-refractivity contribution in [2.75, 3.05) is 19.0 Å². The lowest BCUT2D eigenvalue weighted by molar-refractivity contribution is -0.543. The van der Waals surface area contributed by atoms with Crippen LogP contribution in [0.3, 0.4) is 0 Å². The molecule has 3 heterocycles. The minimum atomic E-state index is -0.495. The number of nitrogens with one attached hydrogen (secondary N) is 2. The van der Waals surface area contributed by atoms with Crippen molar-refractivity contribution in [1.82, 2.24) is 14.8 Å². The van der Waals surface area contributed by atoms with E-state index in [0.29, 0.717) is 29.6 Å². The Balaban J connectivity index is 1.51. The van der Waals surface area contributed by atoms with Crippen LogP contribution in [-0.4, -0.2) is 51.9 Å². The number of hydrogen-bond donors (Lipinski definition) is 4. The van der Waals surface area contributed by atoms with Gasteiger partial charge in [0.25, 0.3) is 0 Å². The highest BCUT2D eigenvalue weighted by atomic mass is 16.5. The lowest BCUT2D eigenvalue weighted by Gasteiger charge is -2.24. The van der Waals surface area contributed by atoms with E-state index in [4.69, 9.17) is 25.0 Å². The molecule has 0 radical (unpaired) electrons. The summed E-state index contributed by atoms with van der Waals surface area (Å²) in [6, 6.07) is 13.9. The number of anilines is 2. The Morgan fingerprint density at radius 1 is 1.17 bits per heavy atom. The quantitative estimate of drug-likeness (QED) is 0.369. The van der Waals surface area contributed by atoms with Crippen molar-refractivity contribution in [3.8, 4) is 17.0 Å². The van der Waals surface area contributed by atoms with E-state index in [9.17, 15) is 5.11 Å². The Morgan fingerprint density at radius 2 is 2.03 bits per heavy atom. The van der Waals surface area contributed by atoms with Crippen molar-refractivity contribution < 1.29 is 19.9 Å². The van der Waals surface area contributed by atoms with Gasteiger partial charge in [0.2, 0.25) is 5.82 Å². The first-order chi connectivity index (χ1) is 17.2. The first-order valence-corrected chi connectivity index (χ1v) is 12.4. The molecule has 35 heavy (non-hydrogen) atoms. The van der Waals surface area contributed by atoms with Gasteiger partial charge in [0.05, 0.1) is 18.8 Å². The third-order valence-corrected chi connectivity index (χ3v) is 6.65. The van der Waals surface area contributed by atoms with Gasteiger partial charge in [-0.05, 0) is 38.5 Å². The molecule has 1 saturated carbocycles. The van der Waals surface area contributed by atoms with Crippen LogP contribution < -0.4 is 15.4 Å². The number of aliphatic hydroxyl groups is 1. The molecule has 5 rings (SSSR count). The number of quaternary nitrogens is 1. The van der Waals surface area contributed by atoms with E-state index < -0.39 is 6.10 Å². The minimum absolute atomic E-state index is 0.147. The topological polar surface area (TPSA) is 122 Å². The van der Waals surface area contributed by atoms with Gasteiger partial charge in [0.15, 0.2) is 6.23 Å². The average molecular weight is 478 g/mol. The molecule has 2 fully saturated rings. The maximum absolute atomic E-state index is 10.3. The zero-order valence-corrected chi connectivity index (χ0v) is 20.0. The highest BCUT2D eigenvalue weighted by Gasteiger charge is 2.29. The van der Waals surface area contributed by atoms with E-state index in [1.165, 1.54) is 6.21 Å².